The van der Waals surface area contributed by atoms with Crippen molar-refractivity contribution in [1.82, 2.24) is 9.97 Å². The lowest BCUT2D eigenvalue weighted by molar-refractivity contribution is -0.383. The van der Waals surface area contributed by atoms with Gasteiger partial charge >= 0.3 is 0 Å². The summed E-state index contributed by atoms with van der Waals surface area (Å²) in [4.78, 5) is 28.3. The lowest BCUT2D eigenvalue weighted by atomic mass is 10.2. The topological polar surface area (TPSA) is 101 Å². The van der Waals surface area contributed by atoms with Crippen molar-refractivity contribution in [2.24, 2.45) is 0 Å². The van der Waals surface area contributed by atoms with Crippen LogP contribution >= 0.6 is 0 Å². The molecule has 0 spiro atoms. The van der Waals surface area contributed by atoms with Crippen LogP contribution in [-0.4, -0.2) is 21.4 Å². The molecule has 2 aromatic rings. The van der Waals surface area contributed by atoms with Crippen LogP contribution in [-0.2, 0) is 0 Å². The lowest BCUT2D eigenvalue weighted by Gasteiger charge is -2.05. The van der Waals surface area contributed by atoms with E-state index in [1.807, 2.05) is 0 Å². The highest BCUT2D eigenvalue weighted by Crippen LogP contribution is 2.27. The van der Waals surface area contributed by atoms with Crippen LogP contribution in [0.25, 0.3) is 10.9 Å². The van der Waals surface area contributed by atoms with Gasteiger partial charge in [-0.3, -0.25) is 14.9 Å². The summed E-state index contributed by atoms with van der Waals surface area (Å²) in [6.45, 7) is 3.91. The maximum Gasteiger partial charge on any atom is 0.293 e. The molecule has 0 saturated carbocycles. The zero-order valence-electron chi connectivity index (χ0n) is 9.34. The van der Waals surface area contributed by atoms with Crippen LogP contribution in [0, 0.1) is 10.1 Å². The van der Waals surface area contributed by atoms with Gasteiger partial charge in [0.1, 0.15) is 5.69 Å². The van der Waals surface area contributed by atoms with Gasteiger partial charge in [-0.05, 0) is 6.07 Å². The number of hydrogen-bond acceptors (Lipinski definition) is 5. The molecule has 1 aromatic heterocycles. The van der Waals surface area contributed by atoms with Crippen molar-refractivity contribution in [3.05, 3.63) is 51.6 Å². The number of fused-ring (bicyclic) bond motifs is 1. The van der Waals surface area contributed by atoms with Gasteiger partial charge in [-0.15, -0.1) is 6.58 Å². The highest BCUT2D eigenvalue weighted by atomic mass is 16.6. The second-order valence-corrected chi connectivity index (χ2v) is 3.54. The molecule has 18 heavy (non-hydrogen) atoms. The van der Waals surface area contributed by atoms with Crippen LogP contribution in [0.15, 0.2) is 35.9 Å². The van der Waals surface area contributed by atoms with Gasteiger partial charge in [0.25, 0.3) is 11.2 Å². The first-order valence-corrected chi connectivity index (χ1v) is 5.14. The third kappa shape index (κ3) is 2.05. The zero-order valence-corrected chi connectivity index (χ0v) is 9.34. The minimum absolute atomic E-state index is 0.164. The third-order valence-corrected chi connectivity index (χ3v) is 2.39. The number of aromatic nitrogens is 2. The Balaban J connectivity index is 2.68. The summed E-state index contributed by atoms with van der Waals surface area (Å²) in [5, 5.41) is 14.0. The van der Waals surface area contributed by atoms with Crippen molar-refractivity contribution in [2.45, 2.75) is 0 Å². The Bertz CT molecular complexity index is 678. The number of rotatable bonds is 4. The van der Waals surface area contributed by atoms with E-state index in [2.05, 4.69) is 21.9 Å². The first-order chi connectivity index (χ1) is 8.63. The predicted octanol–water partition coefficient (Wildman–Crippen LogP) is 1.43. The summed E-state index contributed by atoms with van der Waals surface area (Å²) in [5.41, 5.74) is 0.141. The molecule has 1 heterocycles. The van der Waals surface area contributed by atoms with E-state index in [1.54, 1.807) is 6.08 Å². The maximum absolute atomic E-state index is 11.5. The van der Waals surface area contributed by atoms with Crippen LogP contribution in [0.2, 0.25) is 0 Å². The van der Waals surface area contributed by atoms with Gasteiger partial charge in [0.2, 0.25) is 0 Å². The quantitative estimate of drug-likeness (QED) is 0.482. The molecule has 2 N–H and O–H groups in total. The van der Waals surface area contributed by atoms with E-state index < -0.39 is 10.5 Å². The van der Waals surface area contributed by atoms with Crippen LogP contribution < -0.4 is 10.9 Å². The fourth-order valence-corrected chi connectivity index (χ4v) is 1.58. The highest BCUT2D eigenvalue weighted by molar-refractivity contribution is 5.86. The van der Waals surface area contributed by atoms with Gasteiger partial charge < -0.3 is 10.3 Å². The smallest absolute Gasteiger partial charge is 0.293 e. The van der Waals surface area contributed by atoms with E-state index in [0.717, 1.165) is 0 Å². The van der Waals surface area contributed by atoms with E-state index in [0.29, 0.717) is 17.7 Å². The predicted molar refractivity (Wildman–Crippen MR) is 67.7 cm³/mol. The summed E-state index contributed by atoms with van der Waals surface area (Å²) in [6, 6.07) is 2.69. The van der Waals surface area contributed by atoms with Gasteiger partial charge in [-0.25, -0.2) is 4.98 Å². The standard InChI is InChI=1S/C11H10N4O3/c1-2-3-12-9-5-8-7(4-10(9)15(17)18)11(16)14-6-13-8/h2,4-6,12H,1,3H2,(H,13,14,16). The monoisotopic (exact) mass is 246 g/mol. The highest BCUT2D eigenvalue weighted by Gasteiger charge is 2.16. The van der Waals surface area contributed by atoms with E-state index in [-0.39, 0.29) is 11.1 Å². The number of anilines is 1. The molecule has 0 saturated heterocycles. The van der Waals surface area contributed by atoms with Crippen molar-refractivity contribution in [3.63, 3.8) is 0 Å². The van der Waals surface area contributed by atoms with Crippen LogP contribution in [0.4, 0.5) is 11.4 Å². The van der Waals surface area contributed by atoms with Crippen molar-refractivity contribution >= 4 is 22.3 Å². The summed E-state index contributed by atoms with van der Waals surface area (Å²) in [5.74, 6) is 0. The fraction of sp³-hybridized carbons (Fsp3) is 0.0909. The first kappa shape index (κ1) is 11.8. The summed E-state index contributed by atoms with van der Waals surface area (Å²) < 4.78 is 0. The molecule has 7 heteroatoms. The SMILES string of the molecule is C=CCNc1cc2nc[nH]c(=O)c2cc1[N+](=O)[O-]. The van der Waals surface area contributed by atoms with Crippen LogP contribution in [0.1, 0.15) is 0 Å². The summed E-state index contributed by atoms with van der Waals surface area (Å²) in [7, 11) is 0. The molecule has 0 aliphatic rings. The molecule has 0 amide bonds. The molecular formula is C11H10N4O3. The number of benzene rings is 1. The van der Waals surface area contributed by atoms with Crippen molar-refractivity contribution < 1.29 is 4.92 Å². The Hall–Kier alpha value is -2.70. The van der Waals surface area contributed by atoms with Gasteiger partial charge in [0.15, 0.2) is 0 Å². The molecule has 0 unspecified atom stereocenters. The summed E-state index contributed by atoms with van der Waals surface area (Å²) in [6.07, 6.45) is 2.84. The van der Waals surface area contributed by atoms with Gasteiger partial charge in [-0.1, -0.05) is 6.08 Å². The molecule has 2 rings (SSSR count). The average Bonchev–Trinajstić information content (AvgIpc) is 2.35. The van der Waals surface area contributed by atoms with Crippen molar-refractivity contribution in [1.29, 1.82) is 0 Å². The van der Waals surface area contributed by atoms with Gasteiger partial charge in [0, 0.05) is 12.6 Å². The van der Waals surface area contributed by atoms with E-state index in [4.69, 9.17) is 0 Å². The van der Waals surface area contributed by atoms with E-state index >= 15 is 0 Å². The Morgan fingerprint density at radius 1 is 1.56 bits per heavy atom. The molecule has 0 radical (unpaired) electrons. The number of H-pyrrole nitrogens is 1. The number of nitrogens with one attached hydrogen (secondary N) is 2. The molecule has 7 nitrogen and oxygen atoms in total. The second-order valence-electron chi connectivity index (χ2n) is 3.54. The normalized spacial score (nSPS) is 10.2. The molecule has 0 aliphatic heterocycles. The van der Waals surface area contributed by atoms with Crippen molar-refractivity contribution in [2.75, 3.05) is 11.9 Å². The Morgan fingerprint density at radius 2 is 2.33 bits per heavy atom. The number of aromatic amines is 1. The minimum atomic E-state index is -0.544. The number of nitro groups is 1. The maximum atomic E-state index is 11.5. The van der Waals surface area contributed by atoms with Crippen LogP contribution in [0.5, 0.6) is 0 Å². The molecule has 0 fully saturated rings. The molecule has 0 aliphatic carbocycles. The number of nitro benzene ring substituents is 1. The molecule has 92 valence electrons. The second kappa shape index (κ2) is 4.66. The Kier molecular flexibility index (Phi) is 3.05. The number of hydrogen-bond donors (Lipinski definition) is 2. The number of nitrogens with zero attached hydrogens (tertiary/aromatic N) is 2. The van der Waals surface area contributed by atoms with Crippen molar-refractivity contribution in [3.8, 4) is 0 Å². The van der Waals surface area contributed by atoms with Gasteiger partial charge in [-0.2, -0.15) is 0 Å². The van der Waals surface area contributed by atoms with Crippen LogP contribution in [0.3, 0.4) is 0 Å². The zero-order chi connectivity index (χ0) is 13.1. The largest absolute Gasteiger partial charge is 0.376 e. The van der Waals surface area contributed by atoms with E-state index in [9.17, 15) is 14.9 Å². The lowest BCUT2D eigenvalue weighted by Crippen LogP contribution is -2.08. The molecular weight excluding hydrogens is 236 g/mol. The molecule has 0 bridgehead atoms. The van der Waals surface area contributed by atoms with Gasteiger partial charge in [0.05, 0.1) is 22.2 Å². The summed E-state index contributed by atoms with van der Waals surface area (Å²) >= 11 is 0. The average molecular weight is 246 g/mol. The Morgan fingerprint density at radius 3 is 3.00 bits per heavy atom. The first-order valence-electron chi connectivity index (χ1n) is 5.14. The minimum Gasteiger partial charge on any atom is -0.376 e. The van der Waals surface area contributed by atoms with E-state index in [1.165, 1.54) is 18.5 Å². The molecule has 0 atom stereocenters. The Labute approximate surface area is 101 Å². The molecule has 1 aromatic carbocycles. The fourth-order valence-electron chi connectivity index (χ4n) is 1.58. The third-order valence-electron chi connectivity index (χ3n) is 2.39.